The molecule has 0 atom stereocenters. The minimum atomic E-state index is 0.113. The van der Waals surface area contributed by atoms with Gasteiger partial charge in [0.1, 0.15) is 0 Å². The molecule has 1 aliphatic rings. The fourth-order valence-corrected chi connectivity index (χ4v) is 4.41. The van der Waals surface area contributed by atoms with E-state index in [0.29, 0.717) is 0 Å². The molecule has 4 aromatic rings. The van der Waals surface area contributed by atoms with Crippen molar-refractivity contribution in [2.45, 2.75) is 45.4 Å². The molecule has 0 bridgehead atoms. The summed E-state index contributed by atoms with van der Waals surface area (Å²) in [6.45, 7) is 6.70. The monoisotopic (exact) mass is 445 g/mol. The molecule has 0 fully saturated rings. The molecule has 1 heterocycles. The zero-order valence-electron chi connectivity index (χ0n) is 20.2. The summed E-state index contributed by atoms with van der Waals surface area (Å²) in [6.07, 6.45) is 10.1. The molecule has 0 amide bonds. The van der Waals surface area contributed by atoms with Gasteiger partial charge < -0.3 is 0 Å². The molecular weight excluding hydrogens is 414 g/mol. The van der Waals surface area contributed by atoms with E-state index in [9.17, 15) is 0 Å². The third kappa shape index (κ3) is 4.65. The number of nitrogens with zero attached hydrogens (tertiary/aromatic N) is 3. The Balaban J connectivity index is 1.52. The van der Waals surface area contributed by atoms with Gasteiger partial charge in [0, 0.05) is 16.8 Å². The van der Waals surface area contributed by atoms with Crippen LogP contribution < -0.4 is 0 Å². The van der Waals surface area contributed by atoms with E-state index < -0.39 is 0 Å². The van der Waals surface area contributed by atoms with Crippen molar-refractivity contribution in [3.63, 3.8) is 0 Å². The standard InChI is InChI=1S/C31H31N3/c1-31(2,3)27-20-18-26(19-21-27)30-33-32-29(34(30)28-12-8-5-9-13-28)25-16-14-24(15-17-25)22-23-10-6-4-7-11-23/h5-6,8-21H,4,7,22H2,1-3H3. The minimum absolute atomic E-state index is 0.113. The van der Waals surface area contributed by atoms with Crippen molar-refractivity contribution in [1.29, 1.82) is 0 Å². The highest BCUT2D eigenvalue weighted by Crippen LogP contribution is 2.31. The average Bonchev–Trinajstić information content (AvgIpc) is 3.30. The second kappa shape index (κ2) is 9.26. The Kier molecular flexibility index (Phi) is 6.02. The smallest absolute Gasteiger partial charge is 0.168 e. The van der Waals surface area contributed by atoms with Crippen LogP contribution in [0.5, 0.6) is 0 Å². The lowest BCUT2D eigenvalue weighted by molar-refractivity contribution is 0.590. The average molecular weight is 446 g/mol. The molecule has 0 aliphatic heterocycles. The van der Waals surface area contributed by atoms with E-state index in [1.165, 1.54) is 16.7 Å². The Morgan fingerprint density at radius 3 is 1.91 bits per heavy atom. The van der Waals surface area contributed by atoms with E-state index in [1.54, 1.807) is 0 Å². The first kappa shape index (κ1) is 22.1. The van der Waals surface area contributed by atoms with Crippen LogP contribution in [0.2, 0.25) is 0 Å². The van der Waals surface area contributed by atoms with Crippen LogP contribution in [0.15, 0.2) is 103 Å². The summed E-state index contributed by atoms with van der Waals surface area (Å²) in [5.41, 5.74) is 7.30. The molecule has 0 spiro atoms. The normalized spacial score (nSPS) is 13.7. The lowest BCUT2D eigenvalue weighted by Gasteiger charge is -2.19. The summed E-state index contributed by atoms with van der Waals surface area (Å²) in [7, 11) is 0. The zero-order chi connectivity index (χ0) is 23.5. The van der Waals surface area contributed by atoms with Gasteiger partial charge in [-0.2, -0.15) is 0 Å². The van der Waals surface area contributed by atoms with Crippen LogP contribution in [0.4, 0.5) is 0 Å². The van der Waals surface area contributed by atoms with Crippen LogP contribution in [-0.2, 0) is 11.8 Å². The SMILES string of the molecule is CC(C)(C)c1ccc(-c2nnc(-c3ccc(CC4=CCCC=C4)cc3)n2-c2ccccc2)cc1. The first-order valence-corrected chi connectivity index (χ1v) is 12.1. The molecule has 3 nitrogen and oxygen atoms in total. The van der Waals surface area contributed by atoms with Gasteiger partial charge in [-0.05, 0) is 53.5 Å². The van der Waals surface area contributed by atoms with Crippen molar-refractivity contribution in [2.24, 2.45) is 0 Å². The predicted molar refractivity (Wildman–Crippen MR) is 141 cm³/mol. The van der Waals surface area contributed by atoms with Gasteiger partial charge in [-0.25, -0.2) is 0 Å². The maximum Gasteiger partial charge on any atom is 0.168 e. The van der Waals surface area contributed by atoms with Gasteiger partial charge in [0.05, 0.1) is 0 Å². The van der Waals surface area contributed by atoms with Gasteiger partial charge in [-0.3, -0.25) is 4.57 Å². The Morgan fingerprint density at radius 2 is 1.35 bits per heavy atom. The second-order valence-electron chi connectivity index (χ2n) is 9.98. The van der Waals surface area contributed by atoms with Crippen molar-refractivity contribution in [2.75, 3.05) is 0 Å². The Labute approximate surface area is 202 Å². The fourth-order valence-electron chi connectivity index (χ4n) is 4.41. The summed E-state index contributed by atoms with van der Waals surface area (Å²) in [6, 6.07) is 27.8. The van der Waals surface area contributed by atoms with E-state index in [1.807, 2.05) is 6.07 Å². The molecule has 170 valence electrons. The van der Waals surface area contributed by atoms with Crippen molar-refractivity contribution in [3.8, 4) is 28.5 Å². The number of allylic oxidation sites excluding steroid dienone is 4. The Bertz CT molecular complexity index is 1320. The Morgan fingerprint density at radius 1 is 0.735 bits per heavy atom. The van der Waals surface area contributed by atoms with Crippen LogP contribution in [0.3, 0.4) is 0 Å². The highest BCUT2D eigenvalue weighted by Gasteiger charge is 2.19. The highest BCUT2D eigenvalue weighted by atomic mass is 15.3. The highest BCUT2D eigenvalue weighted by molar-refractivity contribution is 5.67. The number of benzene rings is 3. The van der Waals surface area contributed by atoms with E-state index in [-0.39, 0.29) is 5.41 Å². The third-order valence-corrected chi connectivity index (χ3v) is 6.38. The predicted octanol–water partition coefficient (Wildman–Crippen LogP) is 7.72. The molecule has 34 heavy (non-hydrogen) atoms. The maximum atomic E-state index is 4.65. The van der Waals surface area contributed by atoms with Gasteiger partial charge >= 0.3 is 0 Å². The minimum Gasteiger partial charge on any atom is -0.275 e. The summed E-state index contributed by atoms with van der Waals surface area (Å²) < 4.78 is 2.16. The van der Waals surface area contributed by atoms with Crippen LogP contribution in [0.1, 0.15) is 44.7 Å². The van der Waals surface area contributed by atoms with Crippen LogP contribution in [0.25, 0.3) is 28.5 Å². The van der Waals surface area contributed by atoms with Crippen LogP contribution in [-0.4, -0.2) is 14.8 Å². The summed E-state index contributed by atoms with van der Waals surface area (Å²) in [5.74, 6) is 1.70. The molecule has 0 unspecified atom stereocenters. The zero-order valence-corrected chi connectivity index (χ0v) is 20.2. The molecule has 0 N–H and O–H groups in total. The largest absolute Gasteiger partial charge is 0.275 e. The third-order valence-electron chi connectivity index (χ3n) is 6.38. The first-order chi connectivity index (χ1) is 16.5. The molecule has 1 aliphatic carbocycles. The lowest BCUT2D eigenvalue weighted by Crippen LogP contribution is -2.10. The summed E-state index contributed by atoms with van der Waals surface area (Å²) in [4.78, 5) is 0. The van der Waals surface area contributed by atoms with Crippen molar-refractivity contribution in [3.05, 3.63) is 114 Å². The molecular formula is C31H31N3. The summed E-state index contributed by atoms with van der Waals surface area (Å²) >= 11 is 0. The van der Waals surface area contributed by atoms with Gasteiger partial charge in [0.25, 0.3) is 0 Å². The number of hydrogen-bond donors (Lipinski definition) is 0. The van der Waals surface area contributed by atoms with E-state index in [0.717, 1.165) is 47.7 Å². The van der Waals surface area contributed by atoms with Crippen molar-refractivity contribution >= 4 is 0 Å². The maximum absolute atomic E-state index is 4.65. The van der Waals surface area contributed by atoms with Gasteiger partial charge in [-0.1, -0.05) is 106 Å². The quantitative estimate of drug-likeness (QED) is 0.315. The molecule has 3 aromatic carbocycles. The molecule has 5 rings (SSSR count). The van der Waals surface area contributed by atoms with E-state index in [4.69, 9.17) is 0 Å². The van der Waals surface area contributed by atoms with Gasteiger partial charge in [0.2, 0.25) is 0 Å². The van der Waals surface area contributed by atoms with Crippen molar-refractivity contribution < 1.29 is 0 Å². The summed E-state index contributed by atoms with van der Waals surface area (Å²) in [5, 5.41) is 9.29. The van der Waals surface area contributed by atoms with E-state index >= 15 is 0 Å². The molecule has 0 radical (unpaired) electrons. The fraction of sp³-hybridized carbons (Fsp3) is 0.226. The first-order valence-electron chi connectivity index (χ1n) is 12.1. The topological polar surface area (TPSA) is 30.7 Å². The molecule has 0 saturated heterocycles. The number of aromatic nitrogens is 3. The number of rotatable bonds is 5. The number of hydrogen-bond acceptors (Lipinski definition) is 2. The van der Waals surface area contributed by atoms with E-state index in [2.05, 4.69) is 127 Å². The molecule has 1 aromatic heterocycles. The van der Waals surface area contributed by atoms with Crippen LogP contribution in [0, 0.1) is 0 Å². The van der Waals surface area contributed by atoms with Gasteiger partial charge in [0.15, 0.2) is 11.6 Å². The molecule has 0 saturated carbocycles. The van der Waals surface area contributed by atoms with Crippen molar-refractivity contribution in [1.82, 2.24) is 14.8 Å². The lowest BCUT2D eigenvalue weighted by atomic mass is 9.86. The number of para-hydroxylation sites is 1. The van der Waals surface area contributed by atoms with Gasteiger partial charge in [-0.15, -0.1) is 10.2 Å². The van der Waals surface area contributed by atoms with Crippen LogP contribution >= 0.6 is 0 Å². The second-order valence-corrected chi connectivity index (χ2v) is 9.98. The Hall–Kier alpha value is -3.72. The molecule has 3 heteroatoms.